The van der Waals surface area contributed by atoms with E-state index in [1.54, 1.807) is 18.2 Å². The number of anilines is 1. The minimum absolute atomic E-state index is 0.0104. The van der Waals surface area contributed by atoms with Gasteiger partial charge in [-0.15, -0.1) is 0 Å². The summed E-state index contributed by atoms with van der Waals surface area (Å²) in [4.78, 5) is 24.1. The molecule has 3 aromatic rings. The molecule has 1 heterocycles. The third kappa shape index (κ3) is 2.61. The zero-order valence-corrected chi connectivity index (χ0v) is 11.7. The first-order valence-electron chi connectivity index (χ1n) is 6.65. The molecule has 0 saturated heterocycles. The van der Waals surface area contributed by atoms with Crippen LogP contribution >= 0.6 is 0 Å². The number of halogens is 1. The van der Waals surface area contributed by atoms with Crippen molar-refractivity contribution in [1.29, 1.82) is 0 Å². The Kier molecular flexibility index (Phi) is 3.47. The van der Waals surface area contributed by atoms with Gasteiger partial charge in [0.1, 0.15) is 17.0 Å². The third-order valence-electron chi connectivity index (χ3n) is 3.25. The van der Waals surface area contributed by atoms with E-state index in [0.29, 0.717) is 11.0 Å². The smallest absolute Gasteiger partial charge is 0.349 e. The molecule has 0 fully saturated rings. The summed E-state index contributed by atoms with van der Waals surface area (Å²) >= 11 is 0. The highest BCUT2D eigenvalue weighted by Gasteiger charge is 2.15. The molecule has 1 amide bonds. The van der Waals surface area contributed by atoms with Gasteiger partial charge in [0, 0.05) is 5.39 Å². The van der Waals surface area contributed by atoms with E-state index < -0.39 is 17.3 Å². The zero-order valence-electron chi connectivity index (χ0n) is 11.7. The van der Waals surface area contributed by atoms with E-state index in [9.17, 15) is 14.0 Å². The average Bonchev–Trinajstić information content (AvgIpc) is 2.49. The lowest BCUT2D eigenvalue weighted by Crippen LogP contribution is -2.21. The second-order valence-electron chi connectivity index (χ2n) is 4.92. The highest BCUT2D eigenvalue weighted by atomic mass is 19.1. The van der Waals surface area contributed by atoms with Crippen molar-refractivity contribution in [3.8, 4) is 0 Å². The molecule has 0 radical (unpaired) electrons. The maximum absolute atomic E-state index is 13.6. The molecule has 0 aliphatic rings. The van der Waals surface area contributed by atoms with Crippen molar-refractivity contribution in [1.82, 2.24) is 0 Å². The zero-order chi connectivity index (χ0) is 15.7. The summed E-state index contributed by atoms with van der Waals surface area (Å²) in [6.45, 7) is 1.89. The molecule has 110 valence electrons. The average molecular weight is 297 g/mol. The Balaban J connectivity index is 2.02. The van der Waals surface area contributed by atoms with Crippen LogP contribution in [-0.2, 0) is 0 Å². The summed E-state index contributed by atoms with van der Waals surface area (Å²) in [5.74, 6) is -1.28. The monoisotopic (exact) mass is 297 g/mol. The number of rotatable bonds is 2. The maximum Gasteiger partial charge on any atom is 0.349 e. The van der Waals surface area contributed by atoms with Crippen LogP contribution in [0.2, 0.25) is 0 Å². The standard InChI is InChI=1S/C17H12FNO3/c1-10-6-7-15-11(8-10)9-12(17(21)22-15)16(20)19-14-5-3-2-4-13(14)18/h2-9H,1H3,(H,19,20). The van der Waals surface area contributed by atoms with Crippen LogP contribution in [-0.4, -0.2) is 5.91 Å². The fourth-order valence-electron chi connectivity index (χ4n) is 2.15. The van der Waals surface area contributed by atoms with Gasteiger partial charge in [0.25, 0.3) is 5.91 Å². The quantitative estimate of drug-likeness (QED) is 0.737. The maximum atomic E-state index is 13.6. The number of para-hydroxylation sites is 1. The molecule has 22 heavy (non-hydrogen) atoms. The van der Waals surface area contributed by atoms with Gasteiger partial charge in [-0.05, 0) is 37.3 Å². The van der Waals surface area contributed by atoms with Gasteiger partial charge in [-0.3, -0.25) is 4.79 Å². The van der Waals surface area contributed by atoms with E-state index in [4.69, 9.17) is 4.42 Å². The Hall–Kier alpha value is -2.95. The summed E-state index contributed by atoms with van der Waals surface area (Å²) in [5.41, 5.74) is 0.461. The van der Waals surface area contributed by atoms with E-state index in [0.717, 1.165) is 5.56 Å². The van der Waals surface area contributed by atoms with E-state index in [1.807, 2.05) is 13.0 Å². The summed E-state index contributed by atoms with van der Waals surface area (Å²) in [7, 11) is 0. The van der Waals surface area contributed by atoms with Gasteiger partial charge in [-0.1, -0.05) is 23.8 Å². The lowest BCUT2D eigenvalue weighted by Gasteiger charge is -2.06. The first-order chi connectivity index (χ1) is 10.5. The Morgan fingerprint density at radius 3 is 2.68 bits per heavy atom. The first kappa shape index (κ1) is 14.0. The molecule has 1 aromatic heterocycles. The molecule has 0 atom stereocenters. The first-order valence-corrected chi connectivity index (χ1v) is 6.65. The van der Waals surface area contributed by atoms with Crippen LogP contribution in [0.25, 0.3) is 11.0 Å². The lowest BCUT2D eigenvalue weighted by atomic mass is 10.1. The second kappa shape index (κ2) is 5.44. The number of carbonyl (C=O) groups excluding carboxylic acids is 1. The SMILES string of the molecule is Cc1ccc2oc(=O)c(C(=O)Nc3ccccc3F)cc2c1. The second-order valence-corrected chi connectivity index (χ2v) is 4.92. The van der Waals surface area contributed by atoms with Crippen molar-refractivity contribution in [2.24, 2.45) is 0 Å². The van der Waals surface area contributed by atoms with E-state index in [2.05, 4.69) is 5.32 Å². The molecule has 0 saturated carbocycles. The molecule has 0 aliphatic heterocycles. The highest BCUT2D eigenvalue weighted by molar-refractivity contribution is 6.05. The largest absolute Gasteiger partial charge is 0.422 e. The lowest BCUT2D eigenvalue weighted by molar-refractivity contribution is 0.102. The molecule has 1 N–H and O–H groups in total. The number of hydrogen-bond donors (Lipinski definition) is 1. The minimum Gasteiger partial charge on any atom is -0.422 e. The number of carbonyl (C=O) groups is 1. The molecular formula is C17H12FNO3. The van der Waals surface area contributed by atoms with Gasteiger partial charge < -0.3 is 9.73 Å². The van der Waals surface area contributed by atoms with Crippen molar-refractivity contribution < 1.29 is 13.6 Å². The molecule has 0 spiro atoms. The van der Waals surface area contributed by atoms with E-state index in [-0.39, 0.29) is 11.3 Å². The van der Waals surface area contributed by atoms with Crippen molar-refractivity contribution in [3.63, 3.8) is 0 Å². The molecular weight excluding hydrogens is 285 g/mol. The number of fused-ring (bicyclic) bond motifs is 1. The third-order valence-corrected chi connectivity index (χ3v) is 3.25. The van der Waals surface area contributed by atoms with Crippen molar-refractivity contribution in [2.75, 3.05) is 5.32 Å². The van der Waals surface area contributed by atoms with Gasteiger partial charge in [0.2, 0.25) is 0 Å². The topological polar surface area (TPSA) is 59.3 Å². The van der Waals surface area contributed by atoms with Crippen LogP contribution in [0, 0.1) is 12.7 Å². The van der Waals surface area contributed by atoms with Crippen LogP contribution in [0.4, 0.5) is 10.1 Å². The fourth-order valence-corrected chi connectivity index (χ4v) is 2.15. The molecule has 0 aliphatic carbocycles. The number of benzene rings is 2. The number of nitrogens with one attached hydrogen (secondary N) is 1. The van der Waals surface area contributed by atoms with Gasteiger partial charge in [0.15, 0.2) is 0 Å². The van der Waals surface area contributed by atoms with Crippen LogP contribution in [0.1, 0.15) is 15.9 Å². The molecule has 3 rings (SSSR count). The van der Waals surface area contributed by atoms with E-state index in [1.165, 1.54) is 24.3 Å². The van der Waals surface area contributed by atoms with Gasteiger partial charge >= 0.3 is 5.63 Å². The van der Waals surface area contributed by atoms with Gasteiger partial charge in [0.05, 0.1) is 5.69 Å². The Morgan fingerprint density at radius 2 is 1.91 bits per heavy atom. The minimum atomic E-state index is -0.759. The van der Waals surface area contributed by atoms with Crippen LogP contribution in [0.3, 0.4) is 0 Å². The Bertz CT molecular complexity index is 931. The summed E-state index contributed by atoms with van der Waals surface area (Å²) < 4.78 is 18.7. The number of aryl methyl sites for hydroxylation is 1. The highest BCUT2D eigenvalue weighted by Crippen LogP contribution is 2.17. The Labute approximate surface area is 125 Å². The molecule has 5 heteroatoms. The summed E-state index contributed by atoms with van der Waals surface area (Å²) in [6.07, 6.45) is 0. The summed E-state index contributed by atoms with van der Waals surface area (Å²) in [5, 5.41) is 3.01. The predicted molar refractivity (Wildman–Crippen MR) is 81.6 cm³/mol. The van der Waals surface area contributed by atoms with Crippen LogP contribution in [0.5, 0.6) is 0 Å². The summed E-state index contributed by atoms with van der Waals surface area (Å²) in [6, 6.07) is 12.5. The van der Waals surface area contributed by atoms with Crippen molar-refractivity contribution in [2.45, 2.75) is 6.92 Å². The predicted octanol–water partition coefficient (Wildman–Crippen LogP) is 3.49. The number of hydrogen-bond acceptors (Lipinski definition) is 3. The molecule has 2 aromatic carbocycles. The fraction of sp³-hybridized carbons (Fsp3) is 0.0588. The van der Waals surface area contributed by atoms with Gasteiger partial charge in [-0.25, -0.2) is 9.18 Å². The number of amides is 1. The van der Waals surface area contributed by atoms with Crippen LogP contribution in [0.15, 0.2) is 57.7 Å². The Morgan fingerprint density at radius 1 is 1.14 bits per heavy atom. The molecule has 4 nitrogen and oxygen atoms in total. The molecule has 0 bridgehead atoms. The van der Waals surface area contributed by atoms with Crippen LogP contribution < -0.4 is 10.9 Å². The van der Waals surface area contributed by atoms with Crippen molar-refractivity contribution in [3.05, 3.63) is 75.9 Å². The molecule has 0 unspecified atom stereocenters. The van der Waals surface area contributed by atoms with Gasteiger partial charge in [-0.2, -0.15) is 0 Å². The van der Waals surface area contributed by atoms with Crippen molar-refractivity contribution >= 4 is 22.6 Å². The van der Waals surface area contributed by atoms with E-state index >= 15 is 0 Å². The normalized spacial score (nSPS) is 10.6.